The molecular weight excluding hydrogens is 333 g/mol. The standard InChI is InChI=1S/C11H10BrF3O2S/c12-9-7(11(13,14)15)5-18-10(9)8(16)4-6-2-1-3-17-6/h5-6H,1-4H2. The average Bonchev–Trinajstić information content (AvgIpc) is 2.85. The van der Waals surface area contributed by atoms with Crippen LogP contribution in [0.4, 0.5) is 13.2 Å². The number of hydrogen-bond acceptors (Lipinski definition) is 3. The summed E-state index contributed by atoms with van der Waals surface area (Å²) >= 11 is 3.69. The van der Waals surface area contributed by atoms with Crippen molar-refractivity contribution in [2.45, 2.75) is 31.5 Å². The van der Waals surface area contributed by atoms with E-state index in [-0.39, 0.29) is 27.7 Å². The zero-order chi connectivity index (χ0) is 13.3. The minimum atomic E-state index is -4.43. The third-order valence-electron chi connectivity index (χ3n) is 2.73. The van der Waals surface area contributed by atoms with Crippen LogP contribution in [0.5, 0.6) is 0 Å². The highest BCUT2D eigenvalue weighted by molar-refractivity contribution is 9.10. The van der Waals surface area contributed by atoms with Gasteiger partial charge in [-0.2, -0.15) is 13.2 Å². The maximum absolute atomic E-state index is 12.6. The molecule has 18 heavy (non-hydrogen) atoms. The molecule has 1 unspecified atom stereocenters. The van der Waals surface area contributed by atoms with Crippen LogP contribution in [-0.2, 0) is 10.9 Å². The molecule has 1 aliphatic heterocycles. The zero-order valence-electron chi connectivity index (χ0n) is 9.22. The van der Waals surface area contributed by atoms with E-state index in [1.807, 2.05) is 0 Å². The van der Waals surface area contributed by atoms with Crippen LogP contribution < -0.4 is 0 Å². The van der Waals surface area contributed by atoms with Crippen LogP contribution in [0, 0.1) is 0 Å². The fourth-order valence-corrected chi connectivity index (χ4v) is 3.74. The number of Topliss-reactive ketones (excluding diaryl/α,β-unsaturated/α-hetero) is 1. The maximum Gasteiger partial charge on any atom is 0.418 e. The number of halogens is 4. The lowest BCUT2D eigenvalue weighted by molar-refractivity contribution is -0.137. The van der Waals surface area contributed by atoms with E-state index in [0.717, 1.165) is 29.6 Å². The van der Waals surface area contributed by atoms with Gasteiger partial charge in [-0.1, -0.05) is 0 Å². The number of carbonyl (C=O) groups is 1. The zero-order valence-corrected chi connectivity index (χ0v) is 11.6. The predicted octanol–water partition coefficient (Wildman–Crippen LogP) is 4.28. The Morgan fingerprint density at radius 1 is 1.56 bits per heavy atom. The van der Waals surface area contributed by atoms with Crippen LogP contribution in [0.15, 0.2) is 9.85 Å². The Morgan fingerprint density at radius 2 is 2.28 bits per heavy atom. The van der Waals surface area contributed by atoms with Gasteiger partial charge in [-0.15, -0.1) is 11.3 Å². The molecule has 0 saturated carbocycles. The molecule has 1 aliphatic rings. The Labute approximate surface area is 114 Å². The molecule has 1 aromatic heterocycles. The molecule has 0 amide bonds. The van der Waals surface area contributed by atoms with Crippen molar-refractivity contribution in [2.24, 2.45) is 0 Å². The van der Waals surface area contributed by atoms with Crippen LogP contribution in [0.2, 0.25) is 0 Å². The van der Waals surface area contributed by atoms with Crippen LogP contribution in [0.25, 0.3) is 0 Å². The third-order valence-corrected chi connectivity index (χ3v) is 4.83. The fourth-order valence-electron chi connectivity index (χ4n) is 1.83. The van der Waals surface area contributed by atoms with E-state index in [2.05, 4.69) is 15.9 Å². The van der Waals surface area contributed by atoms with Crippen molar-refractivity contribution in [3.63, 3.8) is 0 Å². The number of thiophene rings is 1. The number of ether oxygens (including phenoxy) is 1. The van der Waals surface area contributed by atoms with Crippen molar-refractivity contribution in [1.29, 1.82) is 0 Å². The summed E-state index contributed by atoms with van der Waals surface area (Å²) in [6.45, 7) is 0.622. The van der Waals surface area contributed by atoms with Crippen molar-refractivity contribution in [1.82, 2.24) is 0 Å². The summed E-state index contributed by atoms with van der Waals surface area (Å²) in [7, 11) is 0. The summed E-state index contributed by atoms with van der Waals surface area (Å²) < 4.78 is 42.9. The Hall–Kier alpha value is -0.400. The molecule has 0 aliphatic carbocycles. The summed E-state index contributed by atoms with van der Waals surface area (Å²) in [6.07, 6.45) is -2.74. The molecule has 1 fully saturated rings. The summed E-state index contributed by atoms with van der Waals surface area (Å²) in [4.78, 5) is 12.0. The number of carbonyl (C=O) groups excluding carboxylic acids is 1. The number of alkyl halides is 3. The number of hydrogen-bond donors (Lipinski definition) is 0. The first-order valence-corrected chi connectivity index (χ1v) is 7.06. The van der Waals surface area contributed by atoms with Crippen LogP contribution in [0.3, 0.4) is 0 Å². The minimum Gasteiger partial charge on any atom is -0.378 e. The summed E-state index contributed by atoms with van der Waals surface area (Å²) in [6, 6.07) is 0. The molecule has 0 N–H and O–H groups in total. The highest BCUT2D eigenvalue weighted by Crippen LogP contribution is 2.40. The molecule has 100 valence electrons. The lowest BCUT2D eigenvalue weighted by atomic mass is 10.1. The average molecular weight is 343 g/mol. The Morgan fingerprint density at radius 3 is 2.78 bits per heavy atom. The highest BCUT2D eigenvalue weighted by atomic mass is 79.9. The van der Waals surface area contributed by atoms with Gasteiger partial charge < -0.3 is 4.74 Å². The Kier molecular flexibility index (Phi) is 4.13. The first-order chi connectivity index (χ1) is 8.39. The molecule has 0 aromatic carbocycles. The molecule has 0 radical (unpaired) electrons. The first kappa shape index (κ1) is 14.0. The van der Waals surface area contributed by atoms with E-state index < -0.39 is 11.7 Å². The largest absolute Gasteiger partial charge is 0.418 e. The van der Waals surface area contributed by atoms with Gasteiger partial charge in [0.2, 0.25) is 0 Å². The normalized spacial score (nSPS) is 20.3. The van der Waals surface area contributed by atoms with Gasteiger partial charge >= 0.3 is 6.18 Å². The minimum absolute atomic E-state index is 0.123. The summed E-state index contributed by atoms with van der Waals surface area (Å²) in [5, 5.41) is 0.965. The second-order valence-corrected chi connectivity index (χ2v) is 5.73. The van der Waals surface area contributed by atoms with Gasteiger partial charge in [0.15, 0.2) is 5.78 Å². The molecule has 0 bridgehead atoms. The molecule has 2 heterocycles. The Bertz CT molecular complexity index is 450. The van der Waals surface area contributed by atoms with Crippen molar-refractivity contribution < 1.29 is 22.7 Å². The summed E-state index contributed by atoms with van der Waals surface area (Å²) in [5.41, 5.74) is -0.789. The molecular formula is C11H10BrF3O2S. The number of ketones is 1. The number of rotatable bonds is 3. The molecule has 1 aromatic rings. The monoisotopic (exact) mass is 342 g/mol. The fraction of sp³-hybridized carbons (Fsp3) is 0.545. The van der Waals surface area contributed by atoms with Crippen molar-refractivity contribution in [3.05, 3.63) is 20.3 Å². The van der Waals surface area contributed by atoms with Gasteiger partial charge in [0, 0.05) is 18.4 Å². The third kappa shape index (κ3) is 2.95. The van der Waals surface area contributed by atoms with Gasteiger partial charge in [0.25, 0.3) is 0 Å². The summed E-state index contributed by atoms with van der Waals surface area (Å²) in [5.74, 6) is -0.297. The van der Waals surface area contributed by atoms with Gasteiger partial charge in [0.05, 0.1) is 21.0 Å². The smallest absolute Gasteiger partial charge is 0.378 e. The molecule has 7 heteroatoms. The second kappa shape index (κ2) is 5.30. The highest BCUT2D eigenvalue weighted by Gasteiger charge is 2.36. The van der Waals surface area contributed by atoms with Crippen molar-refractivity contribution in [3.8, 4) is 0 Å². The van der Waals surface area contributed by atoms with E-state index >= 15 is 0 Å². The van der Waals surface area contributed by atoms with E-state index in [9.17, 15) is 18.0 Å². The van der Waals surface area contributed by atoms with E-state index in [1.54, 1.807) is 0 Å². The van der Waals surface area contributed by atoms with Gasteiger partial charge in [-0.05, 0) is 28.8 Å². The molecule has 2 rings (SSSR count). The van der Waals surface area contributed by atoms with E-state index in [4.69, 9.17) is 4.74 Å². The van der Waals surface area contributed by atoms with Crippen LogP contribution in [0.1, 0.15) is 34.5 Å². The van der Waals surface area contributed by atoms with Crippen LogP contribution >= 0.6 is 27.3 Å². The van der Waals surface area contributed by atoms with Gasteiger partial charge in [0.1, 0.15) is 0 Å². The maximum atomic E-state index is 12.6. The van der Waals surface area contributed by atoms with Gasteiger partial charge in [-0.25, -0.2) is 0 Å². The lowest BCUT2D eigenvalue weighted by Gasteiger charge is -2.08. The Balaban J connectivity index is 2.13. The quantitative estimate of drug-likeness (QED) is 0.766. The topological polar surface area (TPSA) is 26.3 Å². The molecule has 1 saturated heterocycles. The molecule has 0 spiro atoms. The molecule has 1 atom stereocenters. The van der Waals surface area contributed by atoms with Gasteiger partial charge in [-0.3, -0.25) is 4.79 Å². The predicted molar refractivity (Wildman–Crippen MR) is 64.9 cm³/mol. The van der Waals surface area contributed by atoms with E-state index in [1.165, 1.54) is 0 Å². The van der Waals surface area contributed by atoms with Crippen molar-refractivity contribution >= 4 is 33.0 Å². The lowest BCUT2D eigenvalue weighted by Crippen LogP contribution is -2.12. The first-order valence-electron chi connectivity index (χ1n) is 5.38. The second-order valence-electron chi connectivity index (χ2n) is 4.05. The van der Waals surface area contributed by atoms with E-state index in [0.29, 0.717) is 6.61 Å². The van der Waals surface area contributed by atoms with Crippen LogP contribution in [-0.4, -0.2) is 18.5 Å². The molecule has 2 nitrogen and oxygen atoms in total. The van der Waals surface area contributed by atoms with Crippen molar-refractivity contribution in [2.75, 3.05) is 6.61 Å². The SMILES string of the molecule is O=C(CC1CCCO1)c1scc(C(F)(F)F)c1Br.